The number of carbonyl (C=O) groups is 1. The molecule has 0 fully saturated rings. The van der Waals surface area contributed by atoms with E-state index >= 15 is 0 Å². The first kappa shape index (κ1) is 14.7. The van der Waals surface area contributed by atoms with Gasteiger partial charge in [-0.15, -0.1) is 0 Å². The summed E-state index contributed by atoms with van der Waals surface area (Å²) in [6, 6.07) is 6.38. The van der Waals surface area contributed by atoms with Gasteiger partial charge in [-0.2, -0.15) is 0 Å². The molecule has 0 spiro atoms. The molecule has 18 heavy (non-hydrogen) atoms. The number of nitrogens with one attached hydrogen (secondary N) is 1. The van der Waals surface area contributed by atoms with E-state index < -0.39 is 0 Å². The van der Waals surface area contributed by atoms with Crippen molar-refractivity contribution >= 4 is 5.91 Å². The van der Waals surface area contributed by atoms with E-state index in [1.165, 1.54) is 5.56 Å². The maximum absolute atomic E-state index is 11.8. The fraction of sp³-hybridized carbons (Fsp3) is 0.533. The molecule has 0 unspecified atom stereocenters. The van der Waals surface area contributed by atoms with Crippen LogP contribution in [-0.4, -0.2) is 25.0 Å². The Morgan fingerprint density at radius 1 is 1.28 bits per heavy atom. The first-order chi connectivity index (χ1) is 8.20. The number of hydrazine groups is 1. The molecule has 100 valence electrons. The Balaban J connectivity index is 2.92. The van der Waals surface area contributed by atoms with E-state index in [1.807, 2.05) is 21.0 Å². The number of nitrogens with zero attached hydrogens (tertiary/aromatic N) is 1. The average Bonchev–Trinajstić information content (AvgIpc) is 2.18. The fourth-order valence-electron chi connectivity index (χ4n) is 1.79. The van der Waals surface area contributed by atoms with Crippen molar-refractivity contribution < 1.29 is 4.79 Å². The van der Waals surface area contributed by atoms with Gasteiger partial charge in [0, 0.05) is 14.1 Å². The molecule has 0 atom stereocenters. The number of rotatable bonds is 3. The molecule has 1 rings (SSSR count). The minimum atomic E-state index is 0.0224. The quantitative estimate of drug-likeness (QED) is 0.833. The van der Waals surface area contributed by atoms with Gasteiger partial charge in [0.2, 0.25) is 5.91 Å². The molecule has 0 radical (unpaired) electrons. The Morgan fingerprint density at radius 3 is 2.39 bits per heavy atom. The molecule has 1 amide bonds. The largest absolute Gasteiger partial charge is 0.289 e. The monoisotopic (exact) mass is 248 g/mol. The lowest BCUT2D eigenvalue weighted by atomic mass is 9.85. The molecule has 1 aromatic rings. The highest BCUT2D eigenvalue weighted by Crippen LogP contribution is 2.24. The van der Waals surface area contributed by atoms with Crippen molar-refractivity contribution in [3.05, 3.63) is 34.9 Å². The van der Waals surface area contributed by atoms with Crippen molar-refractivity contribution in [2.75, 3.05) is 14.1 Å². The van der Waals surface area contributed by atoms with Crippen molar-refractivity contribution in [1.82, 2.24) is 10.4 Å². The molecule has 1 aromatic carbocycles. The fourth-order valence-corrected chi connectivity index (χ4v) is 1.79. The summed E-state index contributed by atoms with van der Waals surface area (Å²) < 4.78 is 0. The minimum Gasteiger partial charge on any atom is -0.289 e. The molecular formula is C15H24N2O. The van der Waals surface area contributed by atoms with Crippen LogP contribution in [0.2, 0.25) is 0 Å². The van der Waals surface area contributed by atoms with Crippen LogP contribution >= 0.6 is 0 Å². The van der Waals surface area contributed by atoms with E-state index in [2.05, 4.69) is 44.4 Å². The highest BCUT2D eigenvalue weighted by molar-refractivity contribution is 5.78. The summed E-state index contributed by atoms with van der Waals surface area (Å²) in [5.41, 5.74) is 6.41. The molecule has 0 aliphatic heterocycles. The third kappa shape index (κ3) is 4.15. The highest BCUT2D eigenvalue weighted by atomic mass is 16.2. The van der Waals surface area contributed by atoms with Crippen LogP contribution < -0.4 is 5.43 Å². The number of hydrogen-bond donors (Lipinski definition) is 1. The number of aryl methyl sites for hydroxylation is 1. The summed E-state index contributed by atoms with van der Waals surface area (Å²) in [6.45, 7) is 8.59. The van der Waals surface area contributed by atoms with Crippen molar-refractivity contribution in [2.24, 2.45) is 0 Å². The topological polar surface area (TPSA) is 32.3 Å². The Hall–Kier alpha value is -1.35. The van der Waals surface area contributed by atoms with Crippen molar-refractivity contribution in [3.8, 4) is 0 Å². The second kappa shape index (κ2) is 5.53. The predicted octanol–water partition coefficient (Wildman–Crippen LogP) is 2.43. The van der Waals surface area contributed by atoms with Crippen molar-refractivity contribution in [1.29, 1.82) is 0 Å². The summed E-state index contributed by atoms with van der Waals surface area (Å²) in [6.07, 6.45) is 0.425. The number of amides is 1. The summed E-state index contributed by atoms with van der Waals surface area (Å²) >= 11 is 0. The van der Waals surface area contributed by atoms with E-state index in [4.69, 9.17) is 0 Å². The van der Waals surface area contributed by atoms with Gasteiger partial charge < -0.3 is 0 Å². The number of benzene rings is 1. The molecule has 0 saturated carbocycles. The van der Waals surface area contributed by atoms with Crippen LogP contribution in [0.3, 0.4) is 0 Å². The smallest absolute Gasteiger partial charge is 0.238 e. The normalized spacial score (nSPS) is 11.7. The standard InChI is InChI=1S/C15H24N2O/c1-11-7-8-13(15(2,3)4)9-12(11)10-14(18)16-17(5)6/h7-9H,10H2,1-6H3,(H,16,18). The maximum Gasteiger partial charge on any atom is 0.238 e. The van der Waals surface area contributed by atoms with Crippen LogP contribution in [0.1, 0.15) is 37.5 Å². The van der Waals surface area contributed by atoms with E-state index in [-0.39, 0.29) is 11.3 Å². The summed E-state index contributed by atoms with van der Waals surface area (Å²) in [4.78, 5) is 11.8. The zero-order valence-electron chi connectivity index (χ0n) is 12.3. The second-order valence-electron chi connectivity index (χ2n) is 6.00. The van der Waals surface area contributed by atoms with Gasteiger partial charge in [0.05, 0.1) is 6.42 Å². The Kier molecular flexibility index (Phi) is 4.52. The molecule has 0 aliphatic carbocycles. The molecule has 0 bridgehead atoms. The van der Waals surface area contributed by atoms with Gasteiger partial charge in [-0.25, -0.2) is 5.01 Å². The molecule has 1 N–H and O–H groups in total. The predicted molar refractivity (Wildman–Crippen MR) is 75.4 cm³/mol. The van der Waals surface area contributed by atoms with Crippen LogP contribution in [-0.2, 0) is 16.6 Å². The Bertz CT molecular complexity index is 431. The van der Waals surface area contributed by atoms with Crippen LogP contribution in [0, 0.1) is 6.92 Å². The Morgan fingerprint density at radius 2 is 1.89 bits per heavy atom. The van der Waals surface area contributed by atoms with Gasteiger partial charge in [-0.3, -0.25) is 10.2 Å². The van der Waals surface area contributed by atoms with E-state index in [9.17, 15) is 4.79 Å². The van der Waals surface area contributed by atoms with Crippen LogP contribution in [0.15, 0.2) is 18.2 Å². The van der Waals surface area contributed by atoms with Crippen molar-refractivity contribution in [2.45, 2.75) is 39.5 Å². The summed E-state index contributed by atoms with van der Waals surface area (Å²) in [5.74, 6) is 0.0224. The first-order valence-corrected chi connectivity index (χ1v) is 6.27. The van der Waals surface area contributed by atoms with Crippen LogP contribution in [0.25, 0.3) is 0 Å². The zero-order valence-corrected chi connectivity index (χ0v) is 12.3. The lowest BCUT2D eigenvalue weighted by molar-refractivity contribution is -0.124. The van der Waals surface area contributed by atoms with E-state index in [0.29, 0.717) is 6.42 Å². The molecule has 0 saturated heterocycles. The molecular weight excluding hydrogens is 224 g/mol. The summed E-state index contributed by atoms with van der Waals surface area (Å²) in [7, 11) is 3.63. The van der Waals surface area contributed by atoms with Crippen LogP contribution in [0.4, 0.5) is 0 Å². The lowest BCUT2D eigenvalue weighted by Crippen LogP contribution is -2.37. The van der Waals surface area contributed by atoms with Crippen LogP contribution in [0.5, 0.6) is 0 Å². The molecule has 3 nitrogen and oxygen atoms in total. The van der Waals surface area contributed by atoms with E-state index in [1.54, 1.807) is 5.01 Å². The first-order valence-electron chi connectivity index (χ1n) is 6.27. The van der Waals surface area contributed by atoms with Crippen molar-refractivity contribution in [3.63, 3.8) is 0 Å². The number of hydrogen-bond acceptors (Lipinski definition) is 2. The maximum atomic E-state index is 11.8. The average molecular weight is 248 g/mol. The highest BCUT2D eigenvalue weighted by Gasteiger charge is 2.15. The van der Waals surface area contributed by atoms with Gasteiger partial charge >= 0.3 is 0 Å². The van der Waals surface area contributed by atoms with Gasteiger partial charge in [0.25, 0.3) is 0 Å². The van der Waals surface area contributed by atoms with Gasteiger partial charge in [-0.1, -0.05) is 39.0 Å². The minimum absolute atomic E-state index is 0.0224. The molecule has 0 aliphatic rings. The third-order valence-corrected chi connectivity index (χ3v) is 2.91. The number of carbonyl (C=O) groups excluding carboxylic acids is 1. The zero-order chi connectivity index (χ0) is 13.9. The molecule has 3 heteroatoms. The lowest BCUT2D eigenvalue weighted by Gasteiger charge is -2.21. The molecule has 0 heterocycles. The molecule has 0 aromatic heterocycles. The van der Waals surface area contributed by atoms with Gasteiger partial charge in [-0.05, 0) is 29.0 Å². The Labute approximate surface area is 110 Å². The van der Waals surface area contributed by atoms with Gasteiger partial charge in [0.15, 0.2) is 0 Å². The van der Waals surface area contributed by atoms with E-state index in [0.717, 1.165) is 11.1 Å². The van der Waals surface area contributed by atoms with Gasteiger partial charge in [0.1, 0.15) is 0 Å². The summed E-state index contributed by atoms with van der Waals surface area (Å²) in [5, 5.41) is 1.67. The SMILES string of the molecule is Cc1ccc(C(C)(C)C)cc1CC(=O)NN(C)C. The third-order valence-electron chi connectivity index (χ3n) is 2.91. The second-order valence-corrected chi connectivity index (χ2v) is 6.00.